The number of methoxy groups -OCH3 is 1. The first-order valence-electron chi connectivity index (χ1n) is 5.48. The number of aldehydes is 1. The summed E-state index contributed by atoms with van der Waals surface area (Å²) in [6.45, 7) is 0. The maximum absolute atomic E-state index is 11.3. The van der Waals surface area contributed by atoms with Crippen LogP contribution in [0.1, 0.15) is 22.0 Å². The van der Waals surface area contributed by atoms with E-state index in [0.717, 1.165) is 10.8 Å². The molecular formula is C14H13NO3. The maximum atomic E-state index is 11.3. The molecule has 2 rings (SSSR count). The molecule has 1 atom stereocenters. The summed E-state index contributed by atoms with van der Waals surface area (Å²) in [6.07, 6.45) is 0.00112. The second-order valence-corrected chi connectivity index (χ2v) is 3.94. The van der Waals surface area contributed by atoms with Crippen LogP contribution in [0.2, 0.25) is 0 Å². The van der Waals surface area contributed by atoms with Crippen LogP contribution in [0.3, 0.4) is 0 Å². The van der Waals surface area contributed by atoms with Gasteiger partial charge >= 0.3 is 0 Å². The topological polar surface area (TPSA) is 69.4 Å². The summed E-state index contributed by atoms with van der Waals surface area (Å²) in [5.41, 5.74) is 6.31. The van der Waals surface area contributed by atoms with Crippen molar-refractivity contribution in [2.24, 2.45) is 5.73 Å². The van der Waals surface area contributed by atoms with Crippen LogP contribution in [0.4, 0.5) is 0 Å². The summed E-state index contributed by atoms with van der Waals surface area (Å²) in [4.78, 5) is 22.3. The van der Waals surface area contributed by atoms with Crippen molar-refractivity contribution >= 4 is 23.0 Å². The quantitative estimate of drug-likeness (QED) is 0.833. The minimum atomic E-state index is -0.700. The zero-order valence-electron chi connectivity index (χ0n) is 9.92. The number of rotatable bonds is 4. The van der Waals surface area contributed by atoms with Crippen molar-refractivity contribution in [3.8, 4) is 0 Å². The first kappa shape index (κ1) is 12.3. The van der Waals surface area contributed by atoms with E-state index in [1.165, 1.54) is 7.11 Å². The molecule has 1 unspecified atom stereocenters. The molecule has 0 bridgehead atoms. The predicted molar refractivity (Wildman–Crippen MR) is 68.3 cm³/mol. The SMILES string of the molecule is COC(C=O)c1cc(C(N)=O)cc2ccccc12. The minimum absolute atomic E-state index is 0.368. The summed E-state index contributed by atoms with van der Waals surface area (Å²) in [5, 5.41) is 1.73. The van der Waals surface area contributed by atoms with Gasteiger partial charge in [-0.25, -0.2) is 0 Å². The van der Waals surface area contributed by atoms with Gasteiger partial charge in [-0.2, -0.15) is 0 Å². The molecule has 0 saturated carbocycles. The monoisotopic (exact) mass is 243 g/mol. The number of carbonyl (C=O) groups excluding carboxylic acids is 2. The highest BCUT2D eigenvalue weighted by Gasteiger charge is 2.15. The normalized spacial score (nSPS) is 12.3. The molecule has 2 N–H and O–H groups in total. The lowest BCUT2D eigenvalue weighted by atomic mass is 9.97. The third-order valence-electron chi connectivity index (χ3n) is 2.86. The molecule has 4 heteroatoms. The van der Waals surface area contributed by atoms with Crippen molar-refractivity contribution in [2.75, 3.05) is 7.11 Å². The second kappa shape index (κ2) is 4.98. The highest BCUT2D eigenvalue weighted by Crippen LogP contribution is 2.27. The van der Waals surface area contributed by atoms with E-state index in [9.17, 15) is 9.59 Å². The summed E-state index contributed by atoms with van der Waals surface area (Å²) in [5.74, 6) is -0.525. The Morgan fingerprint density at radius 1 is 1.33 bits per heavy atom. The number of ether oxygens (including phenoxy) is 1. The van der Waals surface area contributed by atoms with Gasteiger partial charge in [0.1, 0.15) is 6.10 Å². The third-order valence-corrected chi connectivity index (χ3v) is 2.86. The van der Waals surface area contributed by atoms with Crippen molar-refractivity contribution in [1.82, 2.24) is 0 Å². The fourth-order valence-corrected chi connectivity index (χ4v) is 1.97. The average Bonchev–Trinajstić information content (AvgIpc) is 2.39. The Labute approximate surface area is 104 Å². The van der Waals surface area contributed by atoms with Crippen LogP contribution in [0, 0.1) is 0 Å². The van der Waals surface area contributed by atoms with Crippen molar-refractivity contribution < 1.29 is 14.3 Å². The molecule has 2 aromatic carbocycles. The number of fused-ring (bicyclic) bond motifs is 1. The molecular weight excluding hydrogens is 230 g/mol. The smallest absolute Gasteiger partial charge is 0.248 e. The van der Waals surface area contributed by atoms with Gasteiger partial charge in [-0.1, -0.05) is 24.3 Å². The first-order valence-corrected chi connectivity index (χ1v) is 5.48. The molecule has 0 radical (unpaired) electrons. The highest BCUT2D eigenvalue weighted by atomic mass is 16.5. The zero-order valence-corrected chi connectivity index (χ0v) is 9.92. The molecule has 0 fully saturated rings. The number of carbonyl (C=O) groups is 2. The van der Waals surface area contributed by atoms with E-state index < -0.39 is 12.0 Å². The summed E-state index contributed by atoms with van der Waals surface area (Å²) in [6, 6.07) is 10.8. The van der Waals surface area contributed by atoms with Crippen LogP contribution in [-0.2, 0) is 9.53 Å². The van der Waals surface area contributed by atoms with E-state index in [4.69, 9.17) is 10.5 Å². The number of nitrogens with two attached hydrogens (primary N) is 1. The summed E-state index contributed by atoms with van der Waals surface area (Å²) >= 11 is 0. The van der Waals surface area contributed by atoms with Crippen LogP contribution >= 0.6 is 0 Å². The Morgan fingerprint density at radius 3 is 2.67 bits per heavy atom. The number of primary amides is 1. The van der Waals surface area contributed by atoms with E-state index in [-0.39, 0.29) is 0 Å². The molecule has 0 aliphatic heterocycles. The predicted octanol–water partition coefficient (Wildman–Crippen LogP) is 1.83. The van der Waals surface area contributed by atoms with Crippen molar-refractivity contribution in [1.29, 1.82) is 0 Å². The van der Waals surface area contributed by atoms with E-state index in [0.29, 0.717) is 17.4 Å². The molecule has 0 spiro atoms. The molecule has 0 aliphatic carbocycles. The van der Waals surface area contributed by atoms with E-state index in [1.807, 2.05) is 24.3 Å². The zero-order chi connectivity index (χ0) is 13.1. The first-order chi connectivity index (χ1) is 8.67. The van der Waals surface area contributed by atoms with Gasteiger partial charge in [0.15, 0.2) is 6.29 Å². The second-order valence-electron chi connectivity index (χ2n) is 3.94. The van der Waals surface area contributed by atoms with Crippen LogP contribution in [-0.4, -0.2) is 19.3 Å². The number of hydrogen-bond acceptors (Lipinski definition) is 3. The van der Waals surface area contributed by atoms with Gasteiger partial charge in [0.25, 0.3) is 0 Å². The van der Waals surface area contributed by atoms with Gasteiger partial charge in [0, 0.05) is 12.7 Å². The molecule has 0 aromatic heterocycles. The van der Waals surface area contributed by atoms with E-state index >= 15 is 0 Å². The highest BCUT2D eigenvalue weighted by molar-refractivity contribution is 5.99. The Balaban J connectivity index is 2.75. The van der Waals surface area contributed by atoms with E-state index in [2.05, 4.69) is 0 Å². The Hall–Kier alpha value is -2.20. The molecule has 0 aliphatic rings. The molecule has 18 heavy (non-hydrogen) atoms. The number of hydrogen-bond donors (Lipinski definition) is 1. The van der Waals surface area contributed by atoms with E-state index in [1.54, 1.807) is 12.1 Å². The van der Waals surface area contributed by atoms with Crippen molar-refractivity contribution in [2.45, 2.75) is 6.10 Å². The van der Waals surface area contributed by atoms with Gasteiger partial charge in [0.2, 0.25) is 5.91 Å². The Kier molecular flexibility index (Phi) is 3.39. The molecule has 2 aromatic rings. The Morgan fingerprint density at radius 2 is 2.06 bits per heavy atom. The summed E-state index contributed by atoms with van der Waals surface area (Å²) in [7, 11) is 1.45. The van der Waals surface area contributed by atoms with Crippen molar-refractivity contribution in [3.63, 3.8) is 0 Å². The molecule has 4 nitrogen and oxygen atoms in total. The third kappa shape index (κ3) is 2.10. The molecule has 92 valence electrons. The van der Waals surface area contributed by atoms with Gasteiger partial charge in [0.05, 0.1) is 0 Å². The van der Waals surface area contributed by atoms with Gasteiger partial charge in [-0.05, 0) is 28.5 Å². The lowest BCUT2D eigenvalue weighted by molar-refractivity contribution is -0.116. The minimum Gasteiger partial charge on any atom is -0.369 e. The fraction of sp³-hybridized carbons (Fsp3) is 0.143. The molecule has 0 heterocycles. The fourth-order valence-electron chi connectivity index (χ4n) is 1.97. The maximum Gasteiger partial charge on any atom is 0.248 e. The Bertz CT molecular complexity index is 607. The van der Waals surface area contributed by atoms with Gasteiger partial charge < -0.3 is 15.3 Å². The molecule has 0 saturated heterocycles. The largest absolute Gasteiger partial charge is 0.369 e. The number of benzene rings is 2. The van der Waals surface area contributed by atoms with Gasteiger partial charge in [-0.3, -0.25) is 4.79 Å². The summed E-state index contributed by atoms with van der Waals surface area (Å²) < 4.78 is 5.11. The standard InChI is InChI=1S/C14H13NO3/c1-18-13(8-16)12-7-10(14(15)17)6-9-4-2-3-5-11(9)12/h2-8,13H,1H3,(H2,15,17). The van der Waals surface area contributed by atoms with Crippen LogP contribution in [0.25, 0.3) is 10.8 Å². The van der Waals surface area contributed by atoms with Gasteiger partial charge in [-0.15, -0.1) is 0 Å². The lowest BCUT2D eigenvalue weighted by Gasteiger charge is -2.13. The molecule has 1 amide bonds. The average molecular weight is 243 g/mol. The van der Waals surface area contributed by atoms with Crippen LogP contribution < -0.4 is 5.73 Å². The lowest BCUT2D eigenvalue weighted by Crippen LogP contribution is -2.13. The van der Waals surface area contributed by atoms with Crippen LogP contribution in [0.15, 0.2) is 36.4 Å². The number of amides is 1. The van der Waals surface area contributed by atoms with Crippen LogP contribution in [0.5, 0.6) is 0 Å². The van der Waals surface area contributed by atoms with Crippen molar-refractivity contribution in [3.05, 3.63) is 47.5 Å².